The SMILES string of the molecule is Cc1cc(NC(=O)Nc2ccc(-c3nc(N4C5CCC4COC5)nc4c3C(=O)N(C)CC(C)(C)O4)cc2F)ccn1. The van der Waals surface area contributed by atoms with E-state index in [1.165, 1.54) is 12.1 Å². The molecular formula is C29H32FN7O4. The van der Waals surface area contributed by atoms with Gasteiger partial charge in [0.15, 0.2) is 0 Å². The Labute approximate surface area is 237 Å². The molecule has 3 aliphatic heterocycles. The van der Waals surface area contributed by atoms with Gasteiger partial charge in [0.05, 0.1) is 43.2 Å². The Hall–Kier alpha value is -4.32. The number of pyridine rings is 1. The Kier molecular flexibility index (Phi) is 6.72. The number of nitrogens with zero attached hydrogens (tertiary/aromatic N) is 5. The van der Waals surface area contributed by atoms with E-state index in [-0.39, 0.29) is 40.8 Å². The summed E-state index contributed by atoms with van der Waals surface area (Å²) in [4.78, 5) is 43.6. The molecule has 2 aromatic heterocycles. The van der Waals surface area contributed by atoms with Crippen LogP contribution in [0.15, 0.2) is 36.5 Å². The smallest absolute Gasteiger partial charge is 0.323 e. The number of carbonyl (C=O) groups is 2. The maximum absolute atomic E-state index is 15.4. The van der Waals surface area contributed by atoms with Crippen LogP contribution >= 0.6 is 0 Å². The molecular weight excluding hydrogens is 529 g/mol. The lowest BCUT2D eigenvalue weighted by molar-refractivity contribution is 0.0594. The molecule has 0 radical (unpaired) electrons. The van der Waals surface area contributed by atoms with E-state index in [0.29, 0.717) is 37.0 Å². The number of rotatable bonds is 4. The van der Waals surface area contributed by atoms with Crippen LogP contribution in [0.1, 0.15) is 42.7 Å². The zero-order valence-electron chi connectivity index (χ0n) is 23.4. The van der Waals surface area contributed by atoms with Crippen molar-refractivity contribution in [3.63, 3.8) is 0 Å². The van der Waals surface area contributed by atoms with Crippen molar-refractivity contribution in [3.05, 3.63) is 53.6 Å². The Morgan fingerprint density at radius 2 is 1.85 bits per heavy atom. The normalized spacial score (nSPS) is 21.1. The highest BCUT2D eigenvalue weighted by Crippen LogP contribution is 2.39. The minimum absolute atomic E-state index is 0.0237. The van der Waals surface area contributed by atoms with E-state index >= 15 is 4.39 Å². The third-order valence-electron chi connectivity index (χ3n) is 7.53. The number of likely N-dealkylation sites (N-methyl/N-ethyl adjacent to an activating group) is 1. The number of benzene rings is 1. The van der Waals surface area contributed by atoms with Gasteiger partial charge in [0.1, 0.15) is 17.0 Å². The van der Waals surface area contributed by atoms with E-state index in [1.807, 2.05) is 13.8 Å². The van der Waals surface area contributed by atoms with Crippen LogP contribution in [0.4, 0.5) is 26.5 Å². The van der Waals surface area contributed by atoms with Crippen LogP contribution in [0, 0.1) is 12.7 Å². The summed E-state index contributed by atoms with van der Waals surface area (Å²) in [7, 11) is 1.69. The maximum Gasteiger partial charge on any atom is 0.323 e. The molecule has 3 amide bonds. The number of urea groups is 1. The number of hydrogen-bond acceptors (Lipinski definition) is 8. The van der Waals surface area contributed by atoms with E-state index < -0.39 is 17.4 Å². The summed E-state index contributed by atoms with van der Waals surface area (Å²) in [6.45, 7) is 7.06. The summed E-state index contributed by atoms with van der Waals surface area (Å²) in [5.41, 5.74) is 1.35. The fourth-order valence-corrected chi connectivity index (χ4v) is 5.77. The van der Waals surface area contributed by atoms with Crippen LogP contribution in [-0.2, 0) is 4.74 Å². The molecule has 3 aliphatic rings. The zero-order valence-corrected chi connectivity index (χ0v) is 23.4. The predicted octanol–water partition coefficient (Wildman–Crippen LogP) is 4.24. The quantitative estimate of drug-likeness (QED) is 0.485. The predicted molar refractivity (Wildman–Crippen MR) is 151 cm³/mol. The van der Waals surface area contributed by atoms with Crippen molar-refractivity contribution >= 4 is 29.3 Å². The lowest BCUT2D eigenvalue weighted by Gasteiger charge is -2.35. The number of halogens is 1. The van der Waals surface area contributed by atoms with Crippen LogP contribution in [-0.4, -0.2) is 76.3 Å². The van der Waals surface area contributed by atoms with Crippen molar-refractivity contribution in [3.8, 4) is 17.1 Å². The van der Waals surface area contributed by atoms with Crippen LogP contribution in [0.2, 0.25) is 0 Å². The summed E-state index contributed by atoms with van der Waals surface area (Å²) in [6.07, 6.45) is 3.47. The summed E-state index contributed by atoms with van der Waals surface area (Å²) in [6, 6.07) is 7.30. The number of aryl methyl sites for hydroxylation is 1. The van der Waals surface area contributed by atoms with Crippen LogP contribution in [0.5, 0.6) is 5.88 Å². The highest BCUT2D eigenvalue weighted by Gasteiger charge is 2.42. The molecule has 12 heteroatoms. The van der Waals surface area contributed by atoms with Gasteiger partial charge in [0.25, 0.3) is 5.91 Å². The molecule has 6 rings (SSSR count). The number of anilines is 3. The molecule has 1 aromatic carbocycles. The number of aromatic nitrogens is 3. The number of nitrogens with one attached hydrogen (secondary N) is 2. The van der Waals surface area contributed by atoms with Crippen molar-refractivity contribution in [2.45, 2.75) is 51.3 Å². The van der Waals surface area contributed by atoms with Crippen molar-refractivity contribution in [1.82, 2.24) is 19.9 Å². The van der Waals surface area contributed by atoms with Crippen molar-refractivity contribution in [2.75, 3.05) is 42.3 Å². The van der Waals surface area contributed by atoms with Gasteiger partial charge < -0.3 is 29.9 Å². The van der Waals surface area contributed by atoms with Gasteiger partial charge in [-0.25, -0.2) is 14.2 Å². The van der Waals surface area contributed by atoms with E-state index in [9.17, 15) is 9.59 Å². The number of hydrogen-bond donors (Lipinski definition) is 2. The Morgan fingerprint density at radius 1 is 1.10 bits per heavy atom. The third-order valence-corrected chi connectivity index (χ3v) is 7.53. The Morgan fingerprint density at radius 3 is 2.56 bits per heavy atom. The van der Waals surface area contributed by atoms with Crippen LogP contribution in [0.25, 0.3) is 11.3 Å². The maximum atomic E-state index is 15.4. The number of amides is 3. The Balaban J connectivity index is 1.38. The molecule has 214 valence electrons. The van der Waals surface area contributed by atoms with E-state index in [0.717, 1.165) is 18.5 Å². The second-order valence-electron chi connectivity index (χ2n) is 11.4. The van der Waals surface area contributed by atoms with Gasteiger partial charge in [0, 0.05) is 30.2 Å². The zero-order chi connectivity index (χ0) is 28.9. The standard InChI is InChI=1S/C29H32FN7O4/c1-16-11-18(9-10-31-16)32-28(39)33-22-8-5-17(12-21(22)30)24-23-25(41-29(2,3)15-36(4)26(23)38)35-27(34-24)37-19-6-7-20(37)14-40-13-19/h5,8-12,19-20H,6-7,13-15H2,1-4H3,(H2,31,32,33,39). The van der Waals surface area contributed by atoms with Gasteiger partial charge in [-0.2, -0.15) is 4.98 Å². The largest absolute Gasteiger partial charge is 0.469 e. The third kappa shape index (κ3) is 5.26. The topological polar surface area (TPSA) is 122 Å². The monoisotopic (exact) mass is 561 g/mol. The summed E-state index contributed by atoms with van der Waals surface area (Å²) >= 11 is 0. The second kappa shape index (κ2) is 10.3. The molecule has 2 saturated heterocycles. The summed E-state index contributed by atoms with van der Waals surface area (Å²) in [5, 5.41) is 5.21. The lowest BCUT2D eigenvalue weighted by atomic mass is 10.0. The molecule has 3 aromatic rings. The van der Waals surface area contributed by atoms with Crippen molar-refractivity contribution in [2.24, 2.45) is 0 Å². The number of fused-ring (bicyclic) bond motifs is 3. The minimum atomic E-state index is -0.706. The van der Waals surface area contributed by atoms with Gasteiger partial charge in [-0.15, -0.1) is 0 Å². The molecule has 0 spiro atoms. The van der Waals surface area contributed by atoms with Crippen molar-refractivity contribution < 1.29 is 23.5 Å². The molecule has 5 heterocycles. The molecule has 11 nitrogen and oxygen atoms in total. The second-order valence-corrected chi connectivity index (χ2v) is 11.4. The molecule has 2 unspecified atom stereocenters. The first-order valence-corrected chi connectivity index (χ1v) is 13.6. The van der Waals surface area contributed by atoms with E-state index in [1.54, 1.807) is 43.3 Å². The average molecular weight is 562 g/mol. The minimum Gasteiger partial charge on any atom is -0.469 e. The number of ether oxygens (including phenoxy) is 2. The van der Waals surface area contributed by atoms with Crippen LogP contribution < -0.4 is 20.3 Å². The van der Waals surface area contributed by atoms with Gasteiger partial charge in [-0.05, 0) is 57.9 Å². The molecule has 2 N–H and O–H groups in total. The first-order chi connectivity index (χ1) is 19.6. The lowest BCUT2D eigenvalue weighted by Crippen LogP contribution is -2.47. The van der Waals surface area contributed by atoms with Gasteiger partial charge in [0.2, 0.25) is 11.8 Å². The molecule has 2 atom stereocenters. The first kappa shape index (κ1) is 26.9. The van der Waals surface area contributed by atoms with Crippen molar-refractivity contribution in [1.29, 1.82) is 0 Å². The number of carbonyl (C=O) groups excluding carboxylic acids is 2. The molecule has 0 aliphatic carbocycles. The molecule has 2 fully saturated rings. The van der Waals surface area contributed by atoms with Gasteiger partial charge in [-0.3, -0.25) is 9.78 Å². The summed E-state index contributed by atoms with van der Waals surface area (Å²) < 4.78 is 27.5. The Bertz CT molecular complexity index is 1510. The molecule has 41 heavy (non-hydrogen) atoms. The highest BCUT2D eigenvalue weighted by atomic mass is 19.1. The van der Waals surface area contributed by atoms with E-state index in [2.05, 4.69) is 20.5 Å². The number of morpholine rings is 1. The molecule has 0 saturated carbocycles. The van der Waals surface area contributed by atoms with E-state index in [4.69, 9.17) is 19.4 Å². The van der Waals surface area contributed by atoms with Gasteiger partial charge >= 0.3 is 6.03 Å². The highest BCUT2D eigenvalue weighted by molar-refractivity contribution is 6.03. The van der Waals surface area contributed by atoms with Gasteiger partial charge in [-0.1, -0.05) is 6.07 Å². The summed E-state index contributed by atoms with van der Waals surface area (Å²) in [5.74, 6) is -0.395. The van der Waals surface area contributed by atoms with Crippen LogP contribution in [0.3, 0.4) is 0 Å². The fourth-order valence-electron chi connectivity index (χ4n) is 5.77. The average Bonchev–Trinajstić information content (AvgIpc) is 3.11. The first-order valence-electron chi connectivity index (χ1n) is 13.6. The molecule has 2 bridgehead atoms. The fraction of sp³-hybridized carbons (Fsp3) is 0.414.